The average Bonchev–Trinajstić information content (AvgIpc) is 3.53. The summed E-state index contributed by atoms with van der Waals surface area (Å²) >= 11 is 0. The van der Waals surface area contributed by atoms with Crippen LogP contribution in [0.15, 0.2) is 72.8 Å². The van der Waals surface area contributed by atoms with Crippen LogP contribution in [-0.2, 0) is 11.2 Å². The van der Waals surface area contributed by atoms with Gasteiger partial charge in [0.15, 0.2) is 11.5 Å². The van der Waals surface area contributed by atoms with Gasteiger partial charge >= 0.3 is 6.03 Å². The maximum absolute atomic E-state index is 13.2. The fraction of sp³-hybridized carbons (Fsp3) is 0.310. The van der Waals surface area contributed by atoms with Crippen LogP contribution >= 0.6 is 0 Å². The monoisotopic (exact) mass is 485 g/mol. The van der Waals surface area contributed by atoms with Crippen LogP contribution in [-0.4, -0.2) is 56.7 Å². The Hall–Kier alpha value is -3.84. The zero-order valence-electron chi connectivity index (χ0n) is 20.6. The number of rotatable bonds is 9. The standard InChI is InChI=1S/C29H31N3O4/c1-35-27-20-25(13-14-26(27)36-18-17-30-15-5-6-16-30)31-21-28(33)32(29(31)34)24-11-9-23(10-12-24)19-22-7-3-2-4-8-22/h2-4,7-14,20H,5-6,15-19,21H2,1H3. The van der Waals surface area contributed by atoms with Crippen LogP contribution in [0.25, 0.3) is 0 Å². The summed E-state index contributed by atoms with van der Waals surface area (Å²) in [6.45, 7) is 3.67. The second-order valence-corrected chi connectivity index (χ2v) is 9.16. The van der Waals surface area contributed by atoms with Crippen molar-refractivity contribution in [3.8, 4) is 11.5 Å². The van der Waals surface area contributed by atoms with Crippen LogP contribution in [0.4, 0.5) is 16.2 Å². The summed E-state index contributed by atoms with van der Waals surface area (Å²) in [7, 11) is 1.58. The van der Waals surface area contributed by atoms with Crippen molar-refractivity contribution in [2.45, 2.75) is 19.3 Å². The van der Waals surface area contributed by atoms with Gasteiger partial charge in [0.2, 0.25) is 0 Å². The SMILES string of the molecule is COc1cc(N2CC(=O)N(c3ccc(Cc4ccccc4)cc3)C2=O)ccc1OCCN1CCCC1. The molecule has 0 N–H and O–H groups in total. The summed E-state index contributed by atoms with van der Waals surface area (Å²) in [5.41, 5.74) is 3.49. The van der Waals surface area contributed by atoms with E-state index in [-0.39, 0.29) is 18.5 Å². The van der Waals surface area contributed by atoms with Gasteiger partial charge in [-0.3, -0.25) is 14.6 Å². The summed E-state index contributed by atoms with van der Waals surface area (Å²) in [6.07, 6.45) is 3.28. The van der Waals surface area contributed by atoms with E-state index in [0.29, 0.717) is 29.5 Å². The quantitative estimate of drug-likeness (QED) is 0.410. The second kappa shape index (κ2) is 10.8. The Morgan fingerprint density at radius 2 is 1.50 bits per heavy atom. The topological polar surface area (TPSA) is 62.3 Å². The normalized spacial score (nSPS) is 16.1. The van der Waals surface area contributed by atoms with Gasteiger partial charge < -0.3 is 9.47 Å². The van der Waals surface area contributed by atoms with Crippen molar-refractivity contribution in [1.29, 1.82) is 0 Å². The first-order valence-electron chi connectivity index (χ1n) is 12.4. The summed E-state index contributed by atoms with van der Waals surface area (Å²) in [4.78, 5) is 31.2. The van der Waals surface area contributed by atoms with Crippen LogP contribution in [0, 0.1) is 0 Å². The highest BCUT2D eigenvalue weighted by atomic mass is 16.5. The number of nitrogens with zero attached hydrogens (tertiary/aromatic N) is 3. The van der Waals surface area contributed by atoms with Gasteiger partial charge in [-0.25, -0.2) is 9.69 Å². The number of amides is 3. The number of likely N-dealkylation sites (tertiary alicyclic amines) is 1. The van der Waals surface area contributed by atoms with E-state index in [9.17, 15) is 9.59 Å². The highest BCUT2D eigenvalue weighted by molar-refractivity contribution is 6.27. The Balaban J connectivity index is 1.26. The molecule has 0 bridgehead atoms. The number of imide groups is 1. The van der Waals surface area contributed by atoms with E-state index in [1.165, 1.54) is 28.2 Å². The van der Waals surface area contributed by atoms with Gasteiger partial charge in [0, 0.05) is 18.3 Å². The lowest BCUT2D eigenvalue weighted by atomic mass is 10.0. The number of urea groups is 1. The van der Waals surface area contributed by atoms with Gasteiger partial charge in [0.25, 0.3) is 5.91 Å². The van der Waals surface area contributed by atoms with Crippen molar-refractivity contribution in [3.63, 3.8) is 0 Å². The van der Waals surface area contributed by atoms with E-state index < -0.39 is 0 Å². The van der Waals surface area contributed by atoms with Gasteiger partial charge in [-0.05, 0) is 67.7 Å². The fourth-order valence-corrected chi connectivity index (χ4v) is 4.79. The largest absolute Gasteiger partial charge is 0.493 e. The molecule has 3 aromatic carbocycles. The van der Waals surface area contributed by atoms with E-state index in [0.717, 1.165) is 31.6 Å². The van der Waals surface area contributed by atoms with E-state index in [1.807, 2.05) is 42.5 Å². The number of methoxy groups -OCH3 is 1. The first-order chi connectivity index (χ1) is 17.6. The van der Waals surface area contributed by atoms with Gasteiger partial charge in [0.1, 0.15) is 13.2 Å². The second-order valence-electron chi connectivity index (χ2n) is 9.16. The molecule has 3 aromatic rings. The van der Waals surface area contributed by atoms with Crippen molar-refractivity contribution < 1.29 is 19.1 Å². The minimum atomic E-state index is -0.374. The van der Waals surface area contributed by atoms with E-state index in [2.05, 4.69) is 17.0 Å². The molecule has 0 radical (unpaired) electrons. The van der Waals surface area contributed by atoms with Crippen LogP contribution in [0.1, 0.15) is 24.0 Å². The number of carbonyl (C=O) groups excluding carboxylic acids is 2. The van der Waals surface area contributed by atoms with Crippen LogP contribution in [0.5, 0.6) is 11.5 Å². The minimum absolute atomic E-state index is 0.0249. The Labute approximate surface area is 211 Å². The minimum Gasteiger partial charge on any atom is -0.493 e. The molecule has 2 heterocycles. The molecule has 0 aliphatic carbocycles. The Bertz CT molecular complexity index is 1210. The molecule has 2 aliphatic heterocycles. The lowest BCUT2D eigenvalue weighted by molar-refractivity contribution is -0.115. The average molecular weight is 486 g/mol. The smallest absolute Gasteiger partial charge is 0.336 e. The Kier molecular flexibility index (Phi) is 7.18. The lowest BCUT2D eigenvalue weighted by Crippen LogP contribution is -2.33. The highest BCUT2D eigenvalue weighted by Crippen LogP contribution is 2.34. The highest BCUT2D eigenvalue weighted by Gasteiger charge is 2.38. The molecule has 0 unspecified atom stereocenters. The van der Waals surface area contributed by atoms with Crippen molar-refractivity contribution in [2.75, 3.05) is 49.7 Å². The van der Waals surface area contributed by atoms with E-state index >= 15 is 0 Å². The van der Waals surface area contributed by atoms with Crippen LogP contribution in [0.2, 0.25) is 0 Å². The summed E-state index contributed by atoms with van der Waals surface area (Å²) in [6, 6.07) is 22.7. The zero-order chi connectivity index (χ0) is 24.9. The summed E-state index contributed by atoms with van der Waals surface area (Å²) in [5, 5.41) is 0. The fourth-order valence-electron chi connectivity index (χ4n) is 4.79. The van der Waals surface area contributed by atoms with Crippen LogP contribution < -0.4 is 19.3 Å². The molecule has 186 valence electrons. The third-order valence-corrected chi connectivity index (χ3v) is 6.73. The van der Waals surface area contributed by atoms with Crippen molar-refractivity contribution in [3.05, 3.63) is 83.9 Å². The Morgan fingerprint density at radius 3 is 2.22 bits per heavy atom. The molecule has 7 heteroatoms. The van der Waals surface area contributed by atoms with Gasteiger partial charge in [0.05, 0.1) is 12.8 Å². The maximum atomic E-state index is 13.2. The predicted molar refractivity (Wildman–Crippen MR) is 140 cm³/mol. The van der Waals surface area contributed by atoms with E-state index in [4.69, 9.17) is 9.47 Å². The molecule has 0 spiro atoms. The number of carbonyl (C=O) groups is 2. The molecule has 0 saturated carbocycles. The molecule has 5 rings (SSSR count). The van der Waals surface area contributed by atoms with Gasteiger partial charge in [-0.1, -0.05) is 42.5 Å². The zero-order valence-corrected chi connectivity index (χ0v) is 20.6. The molecule has 7 nitrogen and oxygen atoms in total. The summed E-state index contributed by atoms with van der Waals surface area (Å²) < 4.78 is 11.5. The third-order valence-electron chi connectivity index (χ3n) is 6.73. The number of hydrogen-bond donors (Lipinski definition) is 0. The number of hydrogen-bond acceptors (Lipinski definition) is 5. The molecular formula is C29H31N3O4. The van der Waals surface area contributed by atoms with Crippen molar-refractivity contribution >= 4 is 23.3 Å². The molecule has 2 aliphatic rings. The molecule has 2 saturated heterocycles. The number of benzene rings is 3. The Morgan fingerprint density at radius 1 is 0.806 bits per heavy atom. The molecular weight excluding hydrogens is 454 g/mol. The first kappa shape index (κ1) is 23.9. The summed E-state index contributed by atoms with van der Waals surface area (Å²) in [5.74, 6) is 0.905. The third kappa shape index (κ3) is 5.21. The lowest BCUT2D eigenvalue weighted by Gasteiger charge is -2.20. The van der Waals surface area contributed by atoms with Crippen molar-refractivity contribution in [1.82, 2.24) is 4.90 Å². The molecule has 2 fully saturated rings. The number of anilines is 2. The van der Waals surface area contributed by atoms with E-state index in [1.54, 1.807) is 25.3 Å². The first-order valence-corrected chi connectivity index (χ1v) is 12.4. The molecule has 0 aromatic heterocycles. The van der Waals surface area contributed by atoms with Gasteiger partial charge in [-0.2, -0.15) is 0 Å². The predicted octanol–water partition coefficient (Wildman–Crippen LogP) is 4.73. The molecule has 3 amide bonds. The van der Waals surface area contributed by atoms with Crippen LogP contribution in [0.3, 0.4) is 0 Å². The van der Waals surface area contributed by atoms with Crippen molar-refractivity contribution in [2.24, 2.45) is 0 Å². The number of ether oxygens (including phenoxy) is 2. The van der Waals surface area contributed by atoms with Gasteiger partial charge in [-0.15, -0.1) is 0 Å². The molecule has 0 atom stereocenters. The molecule has 36 heavy (non-hydrogen) atoms. The maximum Gasteiger partial charge on any atom is 0.336 e.